The number of hydrogen-bond donors (Lipinski definition) is 0. The molecule has 0 aliphatic carbocycles. The molecule has 0 saturated heterocycles. The molecule has 0 fully saturated rings. The fraction of sp³-hybridized carbons (Fsp3) is 0.738. The van der Waals surface area contributed by atoms with E-state index in [4.69, 9.17) is 14.2 Å². The van der Waals surface area contributed by atoms with Crippen molar-refractivity contribution in [3.8, 4) is 0 Å². The normalized spacial score (nSPS) is 12.7. The number of carbonyl (C=O) groups excluding carboxylic acids is 3. The first-order valence-corrected chi connectivity index (χ1v) is 30.1. The Morgan fingerprint density at radius 2 is 0.563 bits per heavy atom. The highest BCUT2D eigenvalue weighted by molar-refractivity contribution is 5.71. The van der Waals surface area contributed by atoms with Gasteiger partial charge in [0.05, 0.1) is 0 Å². The van der Waals surface area contributed by atoms with E-state index in [9.17, 15) is 14.4 Å². The summed E-state index contributed by atoms with van der Waals surface area (Å²) in [6.07, 6.45) is 77.1. The number of esters is 3. The molecule has 0 spiro atoms. The zero-order valence-corrected chi connectivity index (χ0v) is 46.7. The second-order valence-electron chi connectivity index (χ2n) is 19.9. The summed E-state index contributed by atoms with van der Waals surface area (Å²) in [5, 5.41) is 0. The third-order valence-corrected chi connectivity index (χ3v) is 12.9. The van der Waals surface area contributed by atoms with Gasteiger partial charge in [0, 0.05) is 19.3 Å². The van der Waals surface area contributed by atoms with Crippen molar-refractivity contribution in [2.24, 2.45) is 0 Å². The fourth-order valence-corrected chi connectivity index (χ4v) is 8.37. The van der Waals surface area contributed by atoms with Gasteiger partial charge in [-0.2, -0.15) is 0 Å². The molecule has 6 nitrogen and oxygen atoms in total. The minimum absolute atomic E-state index is 0.0850. The van der Waals surface area contributed by atoms with E-state index in [-0.39, 0.29) is 31.1 Å². The molecule has 408 valence electrons. The average Bonchev–Trinajstić information content (AvgIpc) is 3.37. The fourth-order valence-electron chi connectivity index (χ4n) is 8.37. The van der Waals surface area contributed by atoms with Crippen molar-refractivity contribution >= 4 is 17.9 Å². The molecule has 0 aromatic carbocycles. The molecule has 0 rings (SSSR count). The van der Waals surface area contributed by atoms with Crippen molar-refractivity contribution in [3.05, 3.63) is 85.1 Å². The summed E-state index contributed by atoms with van der Waals surface area (Å²) in [4.78, 5) is 38.2. The summed E-state index contributed by atoms with van der Waals surface area (Å²) in [5.41, 5.74) is 0. The molecule has 0 heterocycles. The summed E-state index contributed by atoms with van der Waals surface area (Å²) in [6, 6.07) is 0. The van der Waals surface area contributed by atoms with Gasteiger partial charge in [-0.15, -0.1) is 0 Å². The standard InChI is InChI=1S/C65H112O6/c1-4-7-10-13-16-19-22-25-28-30-31-32-33-34-35-36-38-40-43-46-49-52-55-58-64(67)70-61-62(60-69-63(66)57-54-51-48-45-42-39-27-24-21-18-15-12-9-6-3)71-65(68)59-56-53-50-47-44-41-37-29-26-23-20-17-14-11-8-5-2/h7,10,15-16,18-19,24-25,27-28,31-32,34-35,62H,4-6,8-9,11-14,17,20-23,26,29-30,33,36-61H2,1-3H3/b10-7-,18-15-,19-16-,27-24-,28-25-,32-31-,35-34-. The Kier molecular flexibility index (Phi) is 56.3. The van der Waals surface area contributed by atoms with Crippen LogP contribution >= 0.6 is 0 Å². The van der Waals surface area contributed by atoms with Gasteiger partial charge in [-0.05, 0) is 89.9 Å². The van der Waals surface area contributed by atoms with E-state index in [1.165, 1.54) is 135 Å². The number of unbranched alkanes of at least 4 members (excludes halogenated alkanes) is 29. The van der Waals surface area contributed by atoms with Gasteiger partial charge in [0.25, 0.3) is 0 Å². The number of hydrogen-bond acceptors (Lipinski definition) is 6. The number of allylic oxidation sites excluding steroid dienone is 14. The highest BCUT2D eigenvalue weighted by atomic mass is 16.6. The van der Waals surface area contributed by atoms with E-state index >= 15 is 0 Å². The zero-order valence-electron chi connectivity index (χ0n) is 46.7. The lowest BCUT2D eigenvalue weighted by Crippen LogP contribution is -2.30. The molecule has 0 aromatic heterocycles. The quantitative estimate of drug-likeness (QED) is 0.0261. The first-order valence-electron chi connectivity index (χ1n) is 30.1. The Bertz CT molecular complexity index is 1370. The van der Waals surface area contributed by atoms with E-state index in [1.54, 1.807) is 0 Å². The van der Waals surface area contributed by atoms with Crippen molar-refractivity contribution in [2.45, 2.75) is 297 Å². The van der Waals surface area contributed by atoms with Crippen molar-refractivity contribution < 1.29 is 28.6 Å². The average molecular weight is 990 g/mol. The van der Waals surface area contributed by atoms with Crippen LogP contribution in [0.1, 0.15) is 290 Å². The monoisotopic (exact) mass is 989 g/mol. The van der Waals surface area contributed by atoms with Gasteiger partial charge in [0.1, 0.15) is 13.2 Å². The maximum absolute atomic E-state index is 12.9. The minimum atomic E-state index is -0.786. The van der Waals surface area contributed by atoms with Crippen LogP contribution in [0.4, 0.5) is 0 Å². The van der Waals surface area contributed by atoms with Crippen LogP contribution in [-0.4, -0.2) is 37.2 Å². The zero-order chi connectivity index (χ0) is 51.4. The van der Waals surface area contributed by atoms with Crippen LogP contribution in [0.25, 0.3) is 0 Å². The Morgan fingerprint density at radius 3 is 0.901 bits per heavy atom. The molecule has 0 aliphatic heterocycles. The van der Waals surface area contributed by atoms with E-state index in [2.05, 4.69) is 106 Å². The molecular weight excluding hydrogens is 877 g/mol. The topological polar surface area (TPSA) is 78.9 Å². The van der Waals surface area contributed by atoms with E-state index < -0.39 is 6.10 Å². The van der Waals surface area contributed by atoms with Gasteiger partial charge < -0.3 is 14.2 Å². The minimum Gasteiger partial charge on any atom is -0.462 e. The number of rotatable bonds is 54. The molecule has 0 aromatic rings. The molecule has 0 amide bonds. The Hall–Kier alpha value is -3.41. The smallest absolute Gasteiger partial charge is 0.306 e. The highest BCUT2D eigenvalue weighted by Gasteiger charge is 2.19. The highest BCUT2D eigenvalue weighted by Crippen LogP contribution is 2.16. The lowest BCUT2D eigenvalue weighted by atomic mass is 10.0. The van der Waals surface area contributed by atoms with Gasteiger partial charge in [-0.3, -0.25) is 14.4 Å². The molecule has 6 heteroatoms. The Balaban J connectivity index is 4.37. The van der Waals surface area contributed by atoms with Gasteiger partial charge in [0.15, 0.2) is 6.10 Å². The molecule has 1 unspecified atom stereocenters. The third kappa shape index (κ3) is 57.4. The van der Waals surface area contributed by atoms with Gasteiger partial charge in [0.2, 0.25) is 0 Å². The van der Waals surface area contributed by atoms with Gasteiger partial charge >= 0.3 is 17.9 Å². The SMILES string of the molecule is CC/C=C\C/C=C\C/C=C\C/C=C\C/C=C\CCCCCCCCCC(=O)OCC(COC(=O)CCCCCCC/C=C\C/C=C\CCCC)OC(=O)CCCCCCCCCCCCCCCCCC. The molecule has 0 N–H and O–H groups in total. The maximum Gasteiger partial charge on any atom is 0.306 e. The Labute approximate surface area is 439 Å². The second-order valence-corrected chi connectivity index (χ2v) is 19.9. The maximum atomic E-state index is 12.9. The van der Waals surface area contributed by atoms with Crippen LogP contribution < -0.4 is 0 Å². The summed E-state index contributed by atoms with van der Waals surface area (Å²) >= 11 is 0. The van der Waals surface area contributed by atoms with Crippen LogP contribution in [0.5, 0.6) is 0 Å². The molecule has 71 heavy (non-hydrogen) atoms. The largest absolute Gasteiger partial charge is 0.462 e. The van der Waals surface area contributed by atoms with Crippen LogP contribution in [0.15, 0.2) is 85.1 Å². The van der Waals surface area contributed by atoms with Crippen molar-refractivity contribution in [2.75, 3.05) is 13.2 Å². The lowest BCUT2D eigenvalue weighted by Gasteiger charge is -2.18. The van der Waals surface area contributed by atoms with Crippen molar-refractivity contribution in [3.63, 3.8) is 0 Å². The molecule has 1 atom stereocenters. The van der Waals surface area contributed by atoms with Gasteiger partial charge in [-0.25, -0.2) is 0 Å². The van der Waals surface area contributed by atoms with E-state index in [1.807, 2.05) is 0 Å². The van der Waals surface area contributed by atoms with Crippen LogP contribution in [0.3, 0.4) is 0 Å². The molecule has 0 radical (unpaired) electrons. The molecule has 0 bridgehead atoms. The predicted molar refractivity (Wildman–Crippen MR) is 307 cm³/mol. The van der Waals surface area contributed by atoms with Crippen molar-refractivity contribution in [1.29, 1.82) is 0 Å². The first kappa shape index (κ1) is 67.6. The first-order chi connectivity index (χ1) is 35.0. The number of carbonyl (C=O) groups is 3. The van der Waals surface area contributed by atoms with Crippen LogP contribution in [0.2, 0.25) is 0 Å². The molecule has 0 saturated carbocycles. The molecule has 0 aliphatic rings. The lowest BCUT2D eigenvalue weighted by molar-refractivity contribution is -0.167. The van der Waals surface area contributed by atoms with E-state index in [0.717, 1.165) is 116 Å². The van der Waals surface area contributed by atoms with Crippen LogP contribution in [-0.2, 0) is 28.6 Å². The van der Waals surface area contributed by atoms with E-state index in [0.29, 0.717) is 19.3 Å². The predicted octanol–water partition coefficient (Wildman–Crippen LogP) is 20.3. The summed E-state index contributed by atoms with van der Waals surface area (Å²) < 4.78 is 16.9. The second kappa shape index (κ2) is 59.2. The molecular formula is C65H112O6. The van der Waals surface area contributed by atoms with Gasteiger partial charge in [-0.1, -0.05) is 266 Å². The number of ether oxygens (including phenoxy) is 3. The summed E-state index contributed by atoms with van der Waals surface area (Å²) in [6.45, 7) is 6.49. The summed E-state index contributed by atoms with van der Waals surface area (Å²) in [5.74, 6) is -0.898. The van der Waals surface area contributed by atoms with Crippen molar-refractivity contribution in [1.82, 2.24) is 0 Å². The summed E-state index contributed by atoms with van der Waals surface area (Å²) in [7, 11) is 0. The van der Waals surface area contributed by atoms with Crippen LogP contribution in [0, 0.1) is 0 Å². The third-order valence-electron chi connectivity index (χ3n) is 12.9. The Morgan fingerprint density at radius 1 is 0.296 bits per heavy atom.